The molecular formula is C31H30ClN7O2. The summed E-state index contributed by atoms with van der Waals surface area (Å²) < 4.78 is 0. The Morgan fingerprint density at radius 3 is 2.61 bits per heavy atom. The molecule has 208 valence electrons. The van der Waals surface area contributed by atoms with Crippen LogP contribution in [0, 0.1) is 12.3 Å². The Hall–Kier alpha value is -4.34. The smallest absolute Gasteiger partial charge is 0.224 e. The molecule has 3 aromatic heterocycles. The molecule has 2 fully saturated rings. The van der Waals surface area contributed by atoms with E-state index in [0.29, 0.717) is 33.1 Å². The van der Waals surface area contributed by atoms with E-state index in [4.69, 9.17) is 16.6 Å². The van der Waals surface area contributed by atoms with Crippen molar-refractivity contribution in [1.29, 1.82) is 0 Å². The van der Waals surface area contributed by atoms with E-state index < -0.39 is 6.10 Å². The van der Waals surface area contributed by atoms with E-state index in [0.717, 1.165) is 54.3 Å². The van der Waals surface area contributed by atoms with E-state index in [1.54, 1.807) is 24.3 Å². The standard InChI is InChI=1S/C31H30ClN7O2/c1-19-11-22(38-15-31(16-38)17-39(18-31)26-7-2-3-9-33-26)13-24-28(19)37-29(36-24)27-23(8-10-34-30(27)41)35-14-25(40)20-5-4-6-21(32)12-20/h2-13,25,40H,14-18H2,1H3,(H,36,37)(H2,34,35,41)/t25-/m0/s1. The lowest BCUT2D eigenvalue weighted by atomic mass is 9.72. The normalized spacial score (nSPS) is 16.5. The highest BCUT2D eigenvalue weighted by atomic mass is 35.5. The van der Waals surface area contributed by atoms with E-state index in [9.17, 15) is 10.2 Å². The largest absolute Gasteiger partial charge is 0.493 e. The van der Waals surface area contributed by atoms with Gasteiger partial charge in [-0.15, -0.1) is 0 Å². The fourth-order valence-corrected chi connectivity index (χ4v) is 6.25. The molecule has 10 heteroatoms. The van der Waals surface area contributed by atoms with E-state index in [1.807, 2.05) is 24.4 Å². The number of aryl methyl sites for hydroxylation is 1. The van der Waals surface area contributed by atoms with Crippen molar-refractivity contribution in [3.05, 3.63) is 89.2 Å². The summed E-state index contributed by atoms with van der Waals surface area (Å²) in [7, 11) is 0. The number of aliphatic hydroxyl groups excluding tert-OH is 1. The summed E-state index contributed by atoms with van der Waals surface area (Å²) in [5, 5.41) is 25.2. The Labute approximate surface area is 242 Å². The second kappa shape index (κ2) is 9.94. The number of nitrogens with one attached hydrogen (secondary N) is 2. The molecule has 41 heavy (non-hydrogen) atoms. The zero-order valence-electron chi connectivity index (χ0n) is 22.5. The maximum Gasteiger partial charge on any atom is 0.224 e. The molecule has 0 saturated carbocycles. The highest BCUT2D eigenvalue weighted by molar-refractivity contribution is 6.30. The molecule has 0 unspecified atom stereocenters. The molecule has 0 amide bonds. The third kappa shape index (κ3) is 4.71. The summed E-state index contributed by atoms with van der Waals surface area (Å²) in [4.78, 5) is 21.6. The zero-order chi connectivity index (χ0) is 28.1. The van der Waals surface area contributed by atoms with Gasteiger partial charge in [-0.25, -0.2) is 15.0 Å². The first-order chi connectivity index (χ1) is 19.9. The number of benzene rings is 2. The number of nitrogens with zero attached hydrogens (tertiary/aromatic N) is 5. The molecule has 2 aliphatic rings. The highest BCUT2D eigenvalue weighted by Crippen LogP contribution is 2.44. The van der Waals surface area contributed by atoms with Gasteiger partial charge in [-0.05, 0) is 60.5 Å². The van der Waals surface area contributed by atoms with Crippen LogP contribution in [0.5, 0.6) is 5.88 Å². The second-order valence-electron chi connectivity index (χ2n) is 11.2. The van der Waals surface area contributed by atoms with Crippen molar-refractivity contribution in [2.75, 3.05) is 47.8 Å². The lowest BCUT2D eigenvalue weighted by Gasteiger charge is -2.61. The van der Waals surface area contributed by atoms with Crippen LogP contribution in [0.15, 0.2) is 73.1 Å². The molecule has 5 heterocycles. The molecule has 1 spiro atoms. The predicted molar refractivity (Wildman–Crippen MR) is 162 cm³/mol. The number of H-pyrrole nitrogens is 1. The van der Waals surface area contributed by atoms with Crippen LogP contribution in [0.2, 0.25) is 5.02 Å². The van der Waals surface area contributed by atoms with Gasteiger partial charge in [0.15, 0.2) is 0 Å². The Kier molecular flexibility index (Phi) is 6.21. The van der Waals surface area contributed by atoms with Gasteiger partial charge in [-0.2, -0.15) is 0 Å². The first-order valence-electron chi connectivity index (χ1n) is 13.6. The van der Waals surface area contributed by atoms with Crippen molar-refractivity contribution in [3.8, 4) is 17.3 Å². The molecule has 1 atom stereocenters. The van der Waals surface area contributed by atoms with E-state index in [2.05, 4.69) is 55.2 Å². The molecule has 9 nitrogen and oxygen atoms in total. The van der Waals surface area contributed by atoms with Crippen LogP contribution < -0.4 is 15.1 Å². The van der Waals surface area contributed by atoms with Gasteiger partial charge in [0.05, 0.1) is 22.8 Å². The van der Waals surface area contributed by atoms with Gasteiger partial charge in [-0.3, -0.25) is 0 Å². The van der Waals surface area contributed by atoms with Crippen LogP contribution in [0.25, 0.3) is 22.4 Å². The van der Waals surface area contributed by atoms with Crippen molar-refractivity contribution < 1.29 is 10.2 Å². The summed E-state index contributed by atoms with van der Waals surface area (Å²) in [6, 6.07) is 19.2. The fraction of sp³-hybridized carbons (Fsp3) is 0.258. The van der Waals surface area contributed by atoms with Crippen molar-refractivity contribution in [2.45, 2.75) is 13.0 Å². The summed E-state index contributed by atoms with van der Waals surface area (Å²) in [6.45, 7) is 6.34. The second-order valence-corrected chi connectivity index (χ2v) is 11.6. The van der Waals surface area contributed by atoms with Crippen LogP contribution in [-0.4, -0.2) is 62.9 Å². The number of rotatable bonds is 7. The zero-order valence-corrected chi connectivity index (χ0v) is 23.3. The van der Waals surface area contributed by atoms with E-state index in [1.165, 1.54) is 6.20 Å². The fourth-order valence-electron chi connectivity index (χ4n) is 6.05. The van der Waals surface area contributed by atoms with Crippen LogP contribution in [0.1, 0.15) is 17.2 Å². The Bertz CT molecular complexity index is 1730. The van der Waals surface area contributed by atoms with Gasteiger partial charge in [0.2, 0.25) is 5.88 Å². The Morgan fingerprint density at radius 2 is 1.83 bits per heavy atom. The van der Waals surface area contributed by atoms with Crippen LogP contribution in [0.4, 0.5) is 17.2 Å². The van der Waals surface area contributed by atoms with Gasteiger partial charge < -0.3 is 30.3 Å². The van der Waals surface area contributed by atoms with Crippen molar-refractivity contribution in [3.63, 3.8) is 0 Å². The third-order valence-electron chi connectivity index (χ3n) is 8.11. The quantitative estimate of drug-likeness (QED) is 0.213. The first kappa shape index (κ1) is 25.6. The number of aliphatic hydroxyl groups is 1. The van der Waals surface area contributed by atoms with Crippen LogP contribution in [-0.2, 0) is 0 Å². The molecule has 0 aliphatic carbocycles. The SMILES string of the molecule is Cc1cc(N2CC3(C2)CN(c2ccccn2)C3)cc2nc(-c3c(NC[C@H](O)c4cccc(Cl)c4)ccnc3O)[nH]c12. The number of imidazole rings is 1. The number of aromatic hydroxyl groups is 1. The number of hydrogen-bond acceptors (Lipinski definition) is 8. The van der Waals surface area contributed by atoms with Gasteiger partial charge >= 0.3 is 0 Å². The molecule has 2 aromatic carbocycles. The Balaban J connectivity index is 1.09. The minimum Gasteiger partial charge on any atom is -0.493 e. The van der Waals surface area contributed by atoms with Gasteiger partial charge in [0.25, 0.3) is 0 Å². The number of aromatic nitrogens is 4. The maximum atomic E-state index is 10.7. The van der Waals surface area contributed by atoms with Crippen molar-refractivity contribution in [1.82, 2.24) is 19.9 Å². The van der Waals surface area contributed by atoms with Crippen molar-refractivity contribution >= 4 is 39.8 Å². The monoisotopic (exact) mass is 567 g/mol. The third-order valence-corrected chi connectivity index (χ3v) is 8.34. The predicted octanol–water partition coefficient (Wildman–Crippen LogP) is 5.16. The topological polar surface area (TPSA) is 113 Å². The number of pyridine rings is 2. The molecule has 4 N–H and O–H groups in total. The first-order valence-corrected chi connectivity index (χ1v) is 14.0. The number of halogens is 1. The average Bonchev–Trinajstić information content (AvgIpc) is 3.35. The summed E-state index contributed by atoms with van der Waals surface area (Å²) in [6.07, 6.45) is 2.58. The average molecular weight is 568 g/mol. The van der Waals surface area contributed by atoms with E-state index >= 15 is 0 Å². The number of aromatic amines is 1. The highest BCUT2D eigenvalue weighted by Gasteiger charge is 2.52. The molecule has 5 aromatic rings. The molecule has 0 radical (unpaired) electrons. The summed E-state index contributed by atoms with van der Waals surface area (Å²) in [5.41, 5.74) is 6.05. The molecule has 2 saturated heterocycles. The lowest BCUT2D eigenvalue weighted by molar-refractivity contribution is 0.156. The van der Waals surface area contributed by atoms with Gasteiger partial charge in [-0.1, -0.05) is 29.8 Å². The summed E-state index contributed by atoms with van der Waals surface area (Å²) in [5.74, 6) is 1.41. The number of anilines is 3. The van der Waals surface area contributed by atoms with Crippen molar-refractivity contribution in [2.24, 2.45) is 5.41 Å². The maximum absolute atomic E-state index is 10.7. The van der Waals surface area contributed by atoms with Crippen LogP contribution >= 0.6 is 11.6 Å². The molecular weight excluding hydrogens is 538 g/mol. The van der Waals surface area contributed by atoms with Gasteiger partial charge in [0, 0.05) is 61.2 Å². The Morgan fingerprint density at radius 1 is 1.00 bits per heavy atom. The minimum atomic E-state index is -0.788. The lowest BCUT2D eigenvalue weighted by Crippen LogP contribution is -2.72. The summed E-state index contributed by atoms with van der Waals surface area (Å²) >= 11 is 6.09. The molecule has 0 bridgehead atoms. The van der Waals surface area contributed by atoms with Gasteiger partial charge in [0.1, 0.15) is 17.2 Å². The van der Waals surface area contributed by atoms with E-state index in [-0.39, 0.29) is 12.4 Å². The number of fused-ring (bicyclic) bond motifs is 1. The molecule has 7 rings (SSSR count). The number of hydrogen-bond donors (Lipinski definition) is 4. The molecule has 2 aliphatic heterocycles. The van der Waals surface area contributed by atoms with Crippen LogP contribution in [0.3, 0.4) is 0 Å². The minimum absolute atomic E-state index is 0.142.